The third-order valence-corrected chi connectivity index (χ3v) is 5.00. The summed E-state index contributed by atoms with van der Waals surface area (Å²) < 4.78 is 0. The van der Waals surface area contributed by atoms with Gasteiger partial charge in [-0.1, -0.05) is 41.4 Å². The number of carboxylic acid groups (broad SMARTS) is 1. The number of carboxylic acids is 1. The molecule has 0 spiro atoms. The number of nitrogens with zero attached hydrogens (tertiary/aromatic N) is 3. The normalized spacial score (nSPS) is 11.3. The Bertz CT molecular complexity index is 1100. The number of aromatic nitrogens is 1. The van der Waals surface area contributed by atoms with Gasteiger partial charge in [0.2, 0.25) is 5.13 Å². The minimum atomic E-state index is -1.34. The first-order valence-corrected chi connectivity index (χ1v) is 9.21. The first kappa shape index (κ1) is 19.7. The van der Waals surface area contributed by atoms with Gasteiger partial charge in [-0.3, -0.25) is 15.5 Å². The molecule has 0 saturated heterocycles. The van der Waals surface area contributed by atoms with Gasteiger partial charge in [0, 0.05) is 28.6 Å². The molecular formula is C17H10Cl2N4O4S. The van der Waals surface area contributed by atoms with Crippen LogP contribution in [-0.4, -0.2) is 26.7 Å². The topological polar surface area (TPSA) is 118 Å². The van der Waals surface area contributed by atoms with E-state index in [4.69, 9.17) is 23.2 Å². The van der Waals surface area contributed by atoms with Crippen molar-refractivity contribution in [3.05, 3.63) is 73.6 Å². The number of hydrazone groups is 1. The van der Waals surface area contributed by atoms with Crippen LogP contribution in [0.3, 0.4) is 0 Å². The molecule has 0 radical (unpaired) electrons. The van der Waals surface area contributed by atoms with Crippen molar-refractivity contribution in [1.82, 2.24) is 4.98 Å². The standard InChI is InChI=1S/C17H10Cl2N4O4S/c18-12-5-4-9(7-13(12)19)14-8-28-17(20-14)22-21-15(16(24)25)10-2-1-3-11(6-10)23(26)27/h1-8H,(H,20,22)(H,24,25)/b21-15+. The Morgan fingerprint density at radius 3 is 2.68 bits per heavy atom. The number of non-ortho nitro benzene ring substituents is 1. The lowest BCUT2D eigenvalue weighted by Crippen LogP contribution is -2.16. The van der Waals surface area contributed by atoms with E-state index >= 15 is 0 Å². The van der Waals surface area contributed by atoms with Crippen molar-refractivity contribution in [1.29, 1.82) is 0 Å². The summed E-state index contributed by atoms with van der Waals surface area (Å²) in [6.07, 6.45) is 0. The summed E-state index contributed by atoms with van der Waals surface area (Å²) in [5.41, 5.74) is 3.40. The SMILES string of the molecule is O=C(O)/C(=N/Nc1nc(-c2ccc(Cl)c(Cl)c2)cs1)c1cccc([N+](=O)[O-])c1. The molecule has 0 fully saturated rings. The second-order valence-corrected chi connectivity index (χ2v) is 7.02. The zero-order valence-corrected chi connectivity index (χ0v) is 16.1. The summed E-state index contributed by atoms with van der Waals surface area (Å²) >= 11 is 13.1. The molecule has 0 atom stereocenters. The summed E-state index contributed by atoms with van der Waals surface area (Å²) in [6.45, 7) is 0. The third kappa shape index (κ3) is 4.45. The van der Waals surface area contributed by atoms with Crippen LogP contribution in [0.5, 0.6) is 0 Å². The second kappa shape index (κ2) is 8.34. The van der Waals surface area contributed by atoms with E-state index in [0.29, 0.717) is 20.9 Å². The number of hydrogen-bond acceptors (Lipinski definition) is 7. The summed E-state index contributed by atoms with van der Waals surface area (Å²) in [5.74, 6) is -1.34. The highest BCUT2D eigenvalue weighted by molar-refractivity contribution is 7.14. The van der Waals surface area contributed by atoms with E-state index in [1.165, 1.54) is 29.5 Å². The van der Waals surface area contributed by atoms with Crippen LogP contribution in [-0.2, 0) is 4.79 Å². The number of thiazole rings is 1. The highest BCUT2D eigenvalue weighted by Crippen LogP contribution is 2.30. The van der Waals surface area contributed by atoms with Gasteiger partial charge in [-0.15, -0.1) is 11.3 Å². The average Bonchev–Trinajstić information content (AvgIpc) is 3.13. The smallest absolute Gasteiger partial charge is 0.356 e. The van der Waals surface area contributed by atoms with Crippen LogP contribution in [0.25, 0.3) is 11.3 Å². The lowest BCUT2D eigenvalue weighted by atomic mass is 10.1. The maximum atomic E-state index is 11.5. The predicted molar refractivity (Wildman–Crippen MR) is 108 cm³/mol. The van der Waals surface area contributed by atoms with E-state index in [1.54, 1.807) is 23.6 Å². The number of hydrogen-bond donors (Lipinski definition) is 2. The van der Waals surface area contributed by atoms with E-state index in [0.717, 1.165) is 11.6 Å². The van der Waals surface area contributed by atoms with E-state index < -0.39 is 10.9 Å². The molecule has 8 nitrogen and oxygen atoms in total. The van der Waals surface area contributed by atoms with Gasteiger partial charge in [-0.2, -0.15) is 5.10 Å². The maximum Gasteiger partial charge on any atom is 0.356 e. The number of nitro groups is 1. The molecule has 1 aromatic heterocycles. The fraction of sp³-hybridized carbons (Fsp3) is 0. The monoisotopic (exact) mass is 436 g/mol. The second-order valence-electron chi connectivity index (χ2n) is 5.35. The molecule has 0 bridgehead atoms. The van der Waals surface area contributed by atoms with Crippen molar-refractivity contribution in [2.24, 2.45) is 5.10 Å². The number of nitro benzene ring substituents is 1. The molecule has 11 heteroatoms. The van der Waals surface area contributed by atoms with Crippen molar-refractivity contribution in [2.45, 2.75) is 0 Å². The molecule has 0 amide bonds. The largest absolute Gasteiger partial charge is 0.476 e. The molecule has 142 valence electrons. The lowest BCUT2D eigenvalue weighted by Gasteiger charge is -2.02. The van der Waals surface area contributed by atoms with Crippen molar-refractivity contribution in [3.63, 3.8) is 0 Å². The fourth-order valence-corrected chi connectivity index (χ4v) is 3.18. The van der Waals surface area contributed by atoms with Gasteiger partial charge in [-0.25, -0.2) is 9.78 Å². The van der Waals surface area contributed by atoms with Gasteiger partial charge in [0.1, 0.15) is 0 Å². The van der Waals surface area contributed by atoms with Crippen LogP contribution >= 0.6 is 34.5 Å². The molecule has 3 rings (SSSR count). The van der Waals surface area contributed by atoms with Crippen LogP contribution in [0.4, 0.5) is 10.8 Å². The Labute approximate surface area is 172 Å². The van der Waals surface area contributed by atoms with E-state index in [9.17, 15) is 20.0 Å². The summed E-state index contributed by atoms with van der Waals surface area (Å²) in [5, 5.41) is 27.0. The average molecular weight is 437 g/mol. The zero-order chi connectivity index (χ0) is 20.3. The number of benzene rings is 2. The predicted octanol–water partition coefficient (Wildman–Crippen LogP) is 4.93. The Kier molecular flexibility index (Phi) is 5.88. The minimum Gasteiger partial charge on any atom is -0.476 e. The van der Waals surface area contributed by atoms with Crippen LogP contribution in [0.1, 0.15) is 5.56 Å². The van der Waals surface area contributed by atoms with Crippen LogP contribution in [0.2, 0.25) is 10.0 Å². The van der Waals surface area contributed by atoms with E-state index in [-0.39, 0.29) is 17.0 Å². The van der Waals surface area contributed by atoms with E-state index in [1.807, 2.05) is 0 Å². The summed E-state index contributed by atoms with van der Waals surface area (Å²) in [4.78, 5) is 26.1. The molecule has 0 aliphatic carbocycles. The Hall–Kier alpha value is -3.01. The van der Waals surface area contributed by atoms with Crippen molar-refractivity contribution < 1.29 is 14.8 Å². The molecule has 1 heterocycles. The quantitative estimate of drug-likeness (QED) is 0.321. The number of nitrogens with one attached hydrogen (secondary N) is 1. The molecule has 0 aliphatic heterocycles. The number of carbonyl (C=O) groups is 1. The number of rotatable bonds is 6. The van der Waals surface area contributed by atoms with Crippen molar-refractivity contribution in [2.75, 3.05) is 5.43 Å². The van der Waals surface area contributed by atoms with Gasteiger partial charge in [0.05, 0.1) is 20.7 Å². The Morgan fingerprint density at radius 1 is 1.21 bits per heavy atom. The first-order valence-electron chi connectivity index (χ1n) is 7.58. The van der Waals surface area contributed by atoms with Gasteiger partial charge < -0.3 is 5.11 Å². The number of anilines is 1. The molecule has 0 aliphatic rings. The van der Waals surface area contributed by atoms with E-state index in [2.05, 4.69) is 15.5 Å². The molecule has 2 aromatic carbocycles. The molecule has 0 unspecified atom stereocenters. The molecule has 2 N–H and O–H groups in total. The zero-order valence-electron chi connectivity index (χ0n) is 13.8. The fourth-order valence-electron chi connectivity index (χ4n) is 2.22. The Balaban J connectivity index is 1.85. The highest BCUT2D eigenvalue weighted by Gasteiger charge is 2.16. The van der Waals surface area contributed by atoms with Crippen LogP contribution < -0.4 is 5.43 Å². The molecule has 0 saturated carbocycles. The third-order valence-electron chi connectivity index (χ3n) is 3.52. The molecule has 28 heavy (non-hydrogen) atoms. The minimum absolute atomic E-state index is 0.0930. The van der Waals surface area contributed by atoms with Crippen molar-refractivity contribution in [3.8, 4) is 11.3 Å². The highest BCUT2D eigenvalue weighted by atomic mass is 35.5. The number of aliphatic carboxylic acids is 1. The first-order chi connectivity index (χ1) is 13.3. The summed E-state index contributed by atoms with van der Waals surface area (Å²) in [6, 6.07) is 10.3. The van der Waals surface area contributed by atoms with Gasteiger partial charge >= 0.3 is 5.97 Å². The number of halogens is 2. The van der Waals surface area contributed by atoms with Gasteiger partial charge in [-0.05, 0) is 12.1 Å². The molecule has 3 aromatic rings. The van der Waals surface area contributed by atoms with Crippen LogP contribution in [0.15, 0.2) is 52.9 Å². The Morgan fingerprint density at radius 2 is 2.00 bits per heavy atom. The summed E-state index contributed by atoms with van der Waals surface area (Å²) in [7, 11) is 0. The lowest BCUT2D eigenvalue weighted by molar-refractivity contribution is -0.384. The van der Waals surface area contributed by atoms with Crippen molar-refractivity contribution >= 4 is 57.0 Å². The van der Waals surface area contributed by atoms with Crippen LogP contribution in [0, 0.1) is 10.1 Å². The maximum absolute atomic E-state index is 11.5. The van der Waals surface area contributed by atoms with Gasteiger partial charge in [0.25, 0.3) is 5.69 Å². The van der Waals surface area contributed by atoms with Gasteiger partial charge in [0.15, 0.2) is 5.71 Å². The molecular weight excluding hydrogens is 427 g/mol.